The molecule has 0 radical (unpaired) electrons. The molecule has 1 aromatic rings. The van der Waals surface area contributed by atoms with Crippen LogP contribution in [-0.4, -0.2) is 51.0 Å². The minimum Gasteiger partial charge on any atom is -0.394 e. The summed E-state index contributed by atoms with van der Waals surface area (Å²) in [4.78, 5) is 15.2. The lowest BCUT2D eigenvalue weighted by Crippen LogP contribution is -2.56. The molecular weight excluding hydrogens is 354 g/mol. The molecule has 1 aliphatic heterocycles. The molecule has 0 aliphatic carbocycles. The summed E-state index contributed by atoms with van der Waals surface area (Å²) in [6.07, 6.45) is 0.594. The number of aliphatic hydroxyl groups excluding tert-OH is 3. The van der Waals surface area contributed by atoms with Crippen molar-refractivity contribution in [2.75, 3.05) is 6.61 Å². The third kappa shape index (κ3) is 4.39. The van der Waals surface area contributed by atoms with Gasteiger partial charge in [-0.1, -0.05) is 37.6 Å². The summed E-state index contributed by atoms with van der Waals surface area (Å²) >= 11 is 6.00. The molecule has 1 fully saturated rings. The third-order valence-corrected chi connectivity index (χ3v) is 5.79. The zero-order valence-electron chi connectivity index (χ0n) is 15.7. The number of hydrogen-bond acceptors (Lipinski definition) is 4. The van der Waals surface area contributed by atoms with Crippen molar-refractivity contribution in [1.82, 2.24) is 4.90 Å². The first-order valence-corrected chi connectivity index (χ1v) is 9.66. The monoisotopic (exact) mass is 383 g/mol. The summed E-state index contributed by atoms with van der Waals surface area (Å²) < 4.78 is 0. The molecule has 1 aromatic carbocycles. The van der Waals surface area contributed by atoms with Crippen LogP contribution in [0.5, 0.6) is 0 Å². The van der Waals surface area contributed by atoms with Gasteiger partial charge in [0.25, 0.3) is 0 Å². The summed E-state index contributed by atoms with van der Waals surface area (Å²) in [5.74, 6) is -0.0797. The van der Waals surface area contributed by atoms with E-state index in [1.165, 1.54) is 0 Å². The van der Waals surface area contributed by atoms with Crippen LogP contribution in [0.2, 0.25) is 5.02 Å². The highest BCUT2D eigenvalue weighted by Crippen LogP contribution is 2.45. The van der Waals surface area contributed by atoms with Crippen LogP contribution >= 0.6 is 11.6 Å². The number of halogens is 1. The number of carbonyl (C=O) groups is 1. The van der Waals surface area contributed by atoms with Gasteiger partial charge in [-0.05, 0) is 50.3 Å². The Labute approximate surface area is 160 Å². The maximum atomic E-state index is 13.5. The van der Waals surface area contributed by atoms with Crippen LogP contribution in [0.1, 0.15) is 58.1 Å². The molecule has 1 saturated heterocycles. The van der Waals surface area contributed by atoms with Crippen molar-refractivity contribution in [2.24, 2.45) is 5.41 Å². The van der Waals surface area contributed by atoms with Gasteiger partial charge >= 0.3 is 0 Å². The fourth-order valence-electron chi connectivity index (χ4n) is 4.09. The average Bonchev–Trinajstić information content (AvgIpc) is 2.60. The minimum atomic E-state index is -0.926. The normalized spacial score (nSPS) is 27.3. The maximum absolute atomic E-state index is 13.5. The maximum Gasteiger partial charge on any atom is 0.229 e. The van der Waals surface area contributed by atoms with Crippen LogP contribution in [0.25, 0.3) is 0 Å². The Morgan fingerprint density at radius 3 is 2.42 bits per heavy atom. The van der Waals surface area contributed by atoms with Crippen molar-refractivity contribution in [2.45, 2.75) is 70.7 Å². The van der Waals surface area contributed by atoms with E-state index in [-0.39, 0.29) is 31.0 Å². The summed E-state index contributed by atoms with van der Waals surface area (Å²) in [7, 11) is 0. The molecular formula is C20H30ClNO4. The first-order chi connectivity index (χ1) is 12.2. The van der Waals surface area contributed by atoms with Crippen LogP contribution in [0, 0.1) is 5.41 Å². The Balaban J connectivity index is 2.41. The molecule has 5 atom stereocenters. The van der Waals surface area contributed by atoms with E-state index in [1.807, 2.05) is 38.1 Å². The molecule has 4 unspecified atom stereocenters. The van der Waals surface area contributed by atoms with E-state index in [1.54, 1.807) is 11.8 Å². The second-order valence-corrected chi connectivity index (χ2v) is 8.07. The smallest absolute Gasteiger partial charge is 0.229 e. The number of hydrogen-bond donors (Lipinski definition) is 3. The number of benzene rings is 1. The fraction of sp³-hybridized carbons (Fsp3) is 0.650. The molecule has 146 valence electrons. The molecule has 0 saturated carbocycles. The number of rotatable bonds is 7. The Hall–Kier alpha value is -1.14. The SMILES string of the molecule is CCC(C(C)O)N1C(=O)[C@@](C)(CC(O)CO)CCC1c1ccc(Cl)cc1. The van der Waals surface area contributed by atoms with Gasteiger partial charge < -0.3 is 20.2 Å². The highest BCUT2D eigenvalue weighted by Gasteiger charge is 2.47. The van der Waals surface area contributed by atoms with Crippen LogP contribution in [0.3, 0.4) is 0 Å². The molecule has 0 spiro atoms. The second kappa shape index (κ2) is 8.70. The van der Waals surface area contributed by atoms with E-state index in [9.17, 15) is 20.1 Å². The van der Waals surface area contributed by atoms with Crippen molar-refractivity contribution in [3.05, 3.63) is 34.9 Å². The van der Waals surface area contributed by atoms with Crippen molar-refractivity contribution in [3.63, 3.8) is 0 Å². The molecule has 0 bridgehead atoms. The molecule has 5 nitrogen and oxygen atoms in total. The number of aliphatic hydroxyl groups is 3. The van der Waals surface area contributed by atoms with Crippen molar-refractivity contribution in [3.8, 4) is 0 Å². The first-order valence-electron chi connectivity index (χ1n) is 9.28. The third-order valence-electron chi connectivity index (χ3n) is 5.54. The number of piperidine rings is 1. The largest absolute Gasteiger partial charge is 0.394 e. The predicted octanol–water partition coefficient (Wildman–Crippen LogP) is 2.91. The lowest BCUT2D eigenvalue weighted by atomic mass is 9.72. The van der Waals surface area contributed by atoms with Gasteiger partial charge in [-0.25, -0.2) is 0 Å². The molecule has 0 aromatic heterocycles. The predicted molar refractivity (Wildman–Crippen MR) is 102 cm³/mol. The zero-order chi connectivity index (χ0) is 19.5. The van der Waals surface area contributed by atoms with Crippen LogP contribution in [-0.2, 0) is 4.79 Å². The standard InChI is InChI=1S/C20H30ClNO4/c1-4-17(13(2)24)22-18(14-5-7-15(21)8-6-14)9-10-20(3,19(22)26)11-16(25)12-23/h5-8,13,16-18,23-25H,4,9-12H2,1-3H3/t13?,16?,17?,18?,20-/m1/s1. The van der Waals surface area contributed by atoms with Gasteiger partial charge in [0.15, 0.2) is 0 Å². The molecule has 26 heavy (non-hydrogen) atoms. The number of amides is 1. The molecule has 2 rings (SSSR count). The lowest BCUT2D eigenvalue weighted by Gasteiger charge is -2.49. The topological polar surface area (TPSA) is 81.0 Å². The minimum absolute atomic E-state index is 0.0797. The Morgan fingerprint density at radius 1 is 1.31 bits per heavy atom. The van der Waals surface area contributed by atoms with Crippen LogP contribution in [0.4, 0.5) is 0 Å². The first kappa shape index (κ1) is 21.2. The summed E-state index contributed by atoms with van der Waals surface area (Å²) in [6.45, 7) is 5.14. The van der Waals surface area contributed by atoms with Crippen molar-refractivity contribution < 1.29 is 20.1 Å². The Morgan fingerprint density at radius 2 is 1.92 bits per heavy atom. The highest BCUT2D eigenvalue weighted by atomic mass is 35.5. The van der Waals surface area contributed by atoms with E-state index in [2.05, 4.69) is 0 Å². The van der Waals surface area contributed by atoms with E-state index >= 15 is 0 Å². The molecule has 6 heteroatoms. The van der Waals surface area contributed by atoms with Gasteiger partial charge in [-0.2, -0.15) is 0 Å². The summed E-state index contributed by atoms with van der Waals surface area (Å²) in [5.41, 5.74) is 0.236. The molecule has 1 aliphatic rings. The van der Waals surface area contributed by atoms with Crippen molar-refractivity contribution >= 4 is 17.5 Å². The van der Waals surface area contributed by atoms with Gasteiger partial charge in [-0.3, -0.25) is 4.79 Å². The van der Waals surface area contributed by atoms with E-state index in [4.69, 9.17) is 11.6 Å². The zero-order valence-corrected chi connectivity index (χ0v) is 16.5. The van der Waals surface area contributed by atoms with Gasteiger partial charge in [0, 0.05) is 10.4 Å². The van der Waals surface area contributed by atoms with Gasteiger partial charge in [0.05, 0.1) is 30.9 Å². The Bertz CT molecular complexity index is 606. The number of likely N-dealkylation sites (tertiary alicyclic amines) is 1. The summed E-state index contributed by atoms with van der Waals surface area (Å²) in [6, 6.07) is 7.02. The fourth-order valence-corrected chi connectivity index (χ4v) is 4.22. The van der Waals surface area contributed by atoms with E-state index < -0.39 is 17.6 Å². The molecule has 1 heterocycles. The quantitative estimate of drug-likeness (QED) is 0.676. The van der Waals surface area contributed by atoms with E-state index in [0.717, 1.165) is 12.0 Å². The number of carbonyl (C=O) groups excluding carboxylic acids is 1. The second-order valence-electron chi connectivity index (χ2n) is 7.64. The molecule has 1 amide bonds. The van der Waals surface area contributed by atoms with Gasteiger partial charge in [0.2, 0.25) is 5.91 Å². The van der Waals surface area contributed by atoms with Gasteiger partial charge in [0.1, 0.15) is 0 Å². The lowest BCUT2D eigenvalue weighted by molar-refractivity contribution is -0.159. The summed E-state index contributed by atoms with van der Waals surface area (Å²) in [5, 5.41) is 30.0. The van der Waals surface area contributed by atoms with Crippen LogP contribution in [0.15, 0.2) is 24.3 Å². The number of nitrogens with zero attached hydrogens (tertiary/aromatic N) is 1. The van der Waals surface area contributed by atoms with E-state index in [0.29, 0.717) is 17.9 Å². The van der Waals surface area contributed by atoms with Crippen molar-refractivity contribution in [1.29, 1.82) is 0 Å². The van der Waals surface area contributed by atoms with Gasteiger partial charge in [-0.15, -0.1) is 0 Å². The highest BCUT2D eigenvalue weighted by molar-refractivity contribution is 6.30. The Kier molecular flexibility index (Phi) is 7.08. The average molecular weight is 384 g/mol. The molecule has 3 N–H and O–H groups in total. The van der Waals surface area contributed by atoms with Crippen LogP contribution < -0.4 is 0 Å².